The summed E-state index contributed by atoms with van der Waals surface area (Å²) in [5.74, 6) is 0.177. The maximum Gasteiger partial charge on any atom is 0.322 e. The molecule has 202 valence electrons. The van der Waals surface area contributed by atoms with Gasteiger partial charge >= 0.3 is 6.03 Å². The second-order valence-electron chi connectivity index (χ2n) is 8.99. The highest BCUT2D eigenvalue weighted by molar-refractivity contribution is 7.09. The average Bonchev–Trinajstić information content (AvgIpc) is 3.46. The van der Waals surface area contributed by atoms with E-state index in [4.69, 9.17) is 9.47 Å². The fourth-order valence-corrected chi connectivity index (χ4v) is 4.83. The summed E-state index contributed by atoms with van der Waals surface area (Å²) < 4.78 is 24.1. The SMILES string of the molecule is COc1ccc(NC(=O)N(CCN2CCOCC2)CC(=O)N(Cc2ccc(F)cc2)Cc2cccs2)cc1. The summed E-state index contributed by atoms with van der Waals surface area (Å²) in [7, 11) is 1.58. The van der Waals surface area contributed by atoms with Crippen molar-refractivity contribution < 1.29 is 23.5 Å². The molecule has 1 aliphatic heterocycles. The first-order valence-corrected chi connectivity index (χ1v) is 13.4. The van der Waals surface area contributed by atoms with Crippen molar-refractivity contribution in [2.24, 2.45) is 0 Å². The van der Waals surface area contributed by atoms with Crippen LogP contribution in [-0.2, 0) is 22.6 Å². The van der Waals surface area contributed by atoms with E-state index in [2.05, 4.69) is 10.2 Å². The van der Waals surface area contributed by atoms with E-state index in [9.17, 15) is 14.0 Å². The number of halogens is 1. The van der Waals surface area contributed by atoms with E-state index < -0.39 is 0 Å². The summed E-state index contributed by atoms with van der Waals surface area (Å²) in [5.41, 5.74) is 1.43. The summed E-state index contributed by atoms with van der Waals surface area (Å²) in [6, 6.07) is 16.8. The number of thiophene rings is 1. The Labute approximate surface area is 226 Å². The predicted octanol–water partition coefficient (Wildman–Crippen LogP) is 4.29. The van der Waals surface area contributed by atoms with Gasteiger partial charge in [-0.25, -0.2) is 9.18 Å². The number of urea groups is 1. The van der Waals surface area contributed by atoms with Gasteiger partial charge in [0.25, 0.3) is 0 Å². The number of hydrogen-bond acceptors (Lipinski definition) is 6. The van der Waals surface area contributed by atoms with Crippen molar-refractivity contribution in [2.45, 2.75) is 13.1 Å². The quantitative estimate of drug-likeness (QED) is 0.393. The van der Waals surface area contributed by atoms with Gasteiger partial charge in [-0.15, -0.1) is 11.3 Å². The molecule has 4 rings (SSSR count). The van der Waals surface area contributed by atoms with Crippen molar-refractivity contribution in [3.05, 3.63) is 82.3 Å². The molecule has 3 amide bonds. The molecule has 0 bridgehead atoms. The number of benzene rings is 2. The normalized spacial score (nSPS) is 13.6. The second kappa shape index (κ2) is 13.9. The molecule has 0 saturated carbocycles. The van der Waals surface area contributed by atoms with Crippen LogP contribution in [-0.4, -0.2) is 79.7 Å². The molecule has 1 aliphatic rings. The van der Waals surface area contributed by atoms with E-state index in [0.29, 0.717) is 50.8 Å². The lowest BCUT2D eigenvalue weighted by atomic mass is 10.2. The van der Waals surface area contributed by atoms with Gasteiger partial charge in [0.2, 0.25) is 5.91 Å². The summed E-state index contributed by atoms with van der Waals surface area (Å²) in [5, 5.41) is 4.87. The topological polar surface area (TPSA) is 74.4 Å². The van der Waals surface area contributed by atoms with Crippen molar-refractivity contribution in [2.75, 3.05) is 58.4 Å². The molecule has 0 aliphatic carbocycles. The monoisotopic (exact) mass is 540 g/mol. The Kier molecular flexibility index (Phi) is 10.1. The minimum atomic E-state index is -0.352. The van der Waals surface area contributed by atoms with E-state index in [1.165, 1.54) is 12.1 Å². The number of ether oxygens (including phenoxy) is 2. The number of amides is 3. The fraction of sp³-hybridized carbons (Fsp3) is 0.357. The molecule has 3 aromatic rings. The first-order valence-electron chi connectivity index (χ1n) is 12.5. The van der Waals surface area contributed by atoms with Gasteiger partial charge in [0.05, 0.1) is 26.9 Å². The number of morpholine rings is 1. The van der Waals surface area contributed by atoms with Crippen LogP contribution in [0, 0.1) is 5.82 Å². The number of nitrogens with zero attached hydrogens (tertiary/aromatic N) is 3. The highest BCUT2D eigenvalue weighted by Crippen LogP contribution is 2.18. The van der Waals surface area contributed by atoms with Crippen molar-refractivity contribution in [1.29, 1.82) is 0 Å². The molecule has 1 saturated heterocycles. The predicted molar refractivity (Wildman–Crippen MR) is 146 cm³/mol. The van der Waals surface area contributed by atoms with Gasteiger partial charge in [0, 0.05) is 43.3 Å². The molecule has 1 fully saturated rings. The Balaban J connectivity index is 1.48. The Hall–Kier alpha value is -3.47. The molecule has 0 atom stereocenters. The number of hydrogen-bond donors (Lipinski definition) is 1. The Bertz CT molecular complexity index is 1150. The van der Waals surface area contributed by atoms with Crippen molar-refractivity contribution in [3.63, 3.8) is 0 Å². The molecule has 0 radical (unpaired) electrons. The molecule has 10 heteroatoms. The lowest BCUT2D eigenvalue weighted by Gasteiger charge is -2.31. The minimum Gasteiger partial charge on any atom is -0.497 e. The molecule has 1 N–H and O–H groups in total. The van der Waals surface area contributed by atoms with Crippen LogP contribution in [0.25, 0.3) is 0 Å². The first kappa shape index (κ1) is 27.6. The maximum atomic E-state index is 13.6. The van der Waals surface area contributed by atoms with Crippen molar-refractivity contribution >= 4 is 29.0 Å². The summed E-state index contributed by atoms with van der Waals surface area (Å²) in [4.78, 5) is 33.5. The molecule has 1 aromatic heterocycles. The number of anilines is 1. The second-order valence-corrected chi connectivity index (χ2v) is 10.0. The molecule has 2 heterocycles. The van der Waals surface area contributed by atoms with Gasteiger partial charge in [0.1, 0.15) is 18.1 Å². The Morgan fingerprint density at radius 2 is 1.76 bits per heavy atom. The number of carbonyl (C=O) groups is 2. The third-order valence-corrected chi connectivity index (χ3v) is 7.17. The zero-order valence-corrected chi connectivity index (χ0v) is 22.3. The third kappa shape index (κ3) is 8.27. The molecule has 0 spiro atoms. The Morgan fingerprint density at radius 3 is 2.42 bits per heavy atom. The van der Waals surface area contributed by atoms with E-state index in [0.717, 1.165) is 23.5 Å². The van der Waals surface area contributed by atoms with Gasteiger partial charge in [-0.3, -0.25) is 9.69 Å². The minimum absolute atomic E-state index is 0.0844. The van der Waals surface area contributed by atoms with Gasteiger partial charge in [-0.1, -0.05) is 18.2 Å². The Morgan fingerprint density at radius 1 is 1.03 bits per heavy atom. The van der Waals surface area contributed by atoms with Crippen LogP contribution in [0.2, 0.25) is 0 Å². The molecule has 2 aromatic carbocycles. The van der Waals surface area contributed by atoms with E-state index in [-0.39, 0.29) is 24.3 Å². The van der Waals surface area contributed by atoms with Gasteiger partial charge in [0.15, 0.2) is 0 Å². The van der Waals surface area contributed by atoms with Gasteiger partial charge < -0.3 is 24.6 Å². The summed E-state index contributed by atoms with van der Waals surface area (Å²) >= 11 is 1.57. The zero-order valence-electron chi connectivity index (χ0n) is 21.5. The van der Waals surface area contributed by atoms with Crippen LogP contribution in [0.3, 0.4) is 0 Å². The maximum absolute atomic E-state index is 13.6. The van der Waals surface area contributed by atoms with Crippen molar-refractivity contribution in [1.82, 2.24) is 14.7 Å². The largest absolute Gasteiger partial charge is 0.497 e. The van der Waals surface area contributed by atoms with Gasteiger partial charge in [-0.05, 0) is 53.4 Å². The number of rotatable bonds is 11. The van der Waals surface area contributed by atoms with Crippen LogP contribution in [0.15, 0.2) is 66.0 Å². The van der Waals surface area contributed by atoms with E-state index in [1.807, 2.05) is 17.5 Å². The van der Waals surface area contributed by atoms with Crippen LogP contribution >= 0.6 is 11.3 Å². The van der Waals surface area contributed by atoms with Crippen LogP contribution in [0.4, 0.5) is 14.9 Å². The van der Waals surface area contributed by atoms with Crippen molar-refractivity contribution in [3.8, 4) is 5.75 Å². The van der Waals surface area contributed by atoms with E-state index in [1.54, 1.807) is 64.6 Å². The third-order valence-electron chi connectivity index (χ3n) is 6.31. The average molecular weight is 541 g/mol. The molecule has 0 unspecified atom stereocenters. The van der Waals surface area contributed by atoms with E-state index >= 15 is 0 Å². The number of carbonyl (C=O) groups excluding carboxylic acids is 2. The zero-order chi connectivity index (χ0) is 26.7. The van der Waals surface area contributed by atoms with Crippen LogP contribution in [0.1, 0.15) is 10.4 Å². The summed E-state index contributed by atoms with van der Waals surface area (Å²) in [6.07, 6.45) is 0. The molecule has 8 nitrogen and oxygen atoms in total. The number of methoxy groups -OCH3 is 1. The standard InChI is InChI=1S/C28H33FN4O4S/c1-36-25-10-8-24(9-11-25)30-28(35)32(13-12-31-14-16-37-17-15-31)21-27(34)33(20-26-3-2-18-38-26)19-22-4-6-23(29)7-5-22/h2-11,18H,12-17,19-21H2,1H3,(H,30,35). The van der Waals surface area contributed by atoms with Crippen LogP contribution in [0.5, 0.6) is 5.75 Å². The lowest BCUT2D eigenvalue weighted by molar-refractivity contribution is -0.133. The highest BCUT2D eigenvalue weighted by atomic mass is 32.1. The smallest absolute Gasteiger partial charge is 0.322 e. The number of nitrogens with one attached hydrogen (secondary N) is 1. The molecular weight excluding hydrogens is 507 g/mol. The van der Waals surface area contributed by atoms with Gasteiger partial charge in [-0.2, -0.15) is 0 Å². The molecular formula is C28H33FN4O4S. The van der Waals surface area contributed by atoms with Crippen LogP contribution < -0.4 is 10.1 Å². The summed E-state index contributed by atoms with van der Waals surface area (Å²) in [6.45, 7) is 4.55. The molecule has 38 heavy (non-hydrogen) atoms. The fourth-order valence-electron chi connectivity index (χ4n) is 4.11. The first-order chi connectivity index (χ1) is 18.5. The highest BCUT2D eigenvalue weighted by Gasteiger charge is 2.23. The lowest BCUT2D eigenvalue weighted by Crippen LogP contribution is -2.48.